The molecule has 0 spiro atoms. The second-order valence-corrected chi connectivity index (χ2v) is 7.14. The molecule has 0 bridgehead atoms. The zero-order valence-corrected chi connectivity index (χ0v) is 14.1. The number of thiophene rings is 1. The van der Waals surface area contributed by atoms with E-state index in [1.54, 1.807) is 19.1 Å². The van der Waals surface area contributed by atoms with Crippen LogP contribution in [-0.4, -0.2) is 4.92 Å². The number of hydrogen-bond donors (Lipinski definition) is 1. The van der Waals surface area contributed by atoms with Gasteiger partial charge >= 0.3 is 0 Å². The van der Waals surface area contributed by atoms with Gasteiger partial charge in [-0.3, -0.25) is 10.1 Å². The van der Waals surface area contributed by atoms with Crippen LogP contribution in [0, 0.1) is 24.0 Å². The summed E-state index contributed by atoms with van der Waals surface area (Å²) in [4.78, 5) is 10.7. The standard InChI is InChI=1S/C14H14Cl2N2O2S/c1-7-4-8(2)12(18(19)20)6-11(7)17-9(3)10-5-13(15)21-14(10)16/h4-6,9,17H,1-3H3. The minimum atomic E-state index is -0.376. The second-order valence-electron chi connectivity index (χ2n) is 4.86. The Hall–Kier alpha value is -1.30. The number of nitrogens with zero attached hydrogens (tertiary/aromatic N) is 1. The topological polar surface area (TPSA) is 55.2 Å². The Balaban J connectivity index is 2.33. The number of nitrogens with one attached hydrogen (secondary N) is 1. The average molecular weight is 345 g/mol. The Morgan fingerprint density at radius 2 is 1.90 bits per heavy atom. The van der Waals surface area contributed by atoms with E-state index >= 15 is 0 Å². The summed E-state index contributed by atoms with van der Waals surface area (Å²) < 4.78 is 1.24. The highest BCUT2D eigenvalue weighted by Crippen LogP contribution is 2.37. The third-order valence-electron chi connectivity index (χ3n) is 3.26. The Morgan fingerprint density at radius 3 is 2.43 bits per heavy atom. The summed E-state index contributed by atoms with van der Waals surface area (Å²) in [5, 5.41) is 14.3. The molecule has 21 heavy (non-hydrogen) atoms. The SMILES string of the molecule is Cc1cc(C)c([N+](=O)[O-])cc1NC(C)c1cc(Cl)sc1Cl. The van der Waals surface area contributed by atoms with Gasteiger partial charge < -0.3 is 5.32 Å². The van der Waals surface area contributed by atoms with Gasteiger partial charge in [0, 0.05) is 22.9 Å². The Kier molecular flexibility index (Phi) is 4.76. The molecule has 0 aliphatic rings. The van der Waals surface area contributed by atoms with Crippen LogP contribution in [0.25, 0.3) is 0 Å². The van der Waals surface area contributed by atoms with Crippen LogP contribution in [0.1, 0.15) is 29.7 Å². The molecule has 0 aliphatic carbocycles. The van der Waals surface area contributed by atoms with E-state index in [-0.39, 0.29) is 16.7 Å². The fourth-order valence-electron chi connectivity index (χ4n) is 2.15. The van der Waals surface area contributed by atoms with Crippen molar-refractivity contribution in [2.45, 2.75) is 26.8 Å². The summed E-state index contributed by atoms with van der Waals surface area (Å²) in [5.74, 6) is 0. The number of halogens is 2. The summed E-state index contributed by atoms with van der Waals surface area (Å²) >= 11 is 13.4. The first-order valence-corrected chi connectivity index (χ1v) is 7.83. The molecule has 0 saturated heterocycles. The molecule has 0 amide bonds. The van der Waals surface area contributed by atoms with Crippen molar-refractivity contribution in [3.63, 3.8) is 0 Å². The number of aryl methyl sites for hydroxylation is 2. The second kappa shape index (κ2) is 6.22. The number of hydrogen-bond acceptors (Lipinski definition) is 4. The molecule has 2 rings (SSSR count). The van der Waals surface area contributed by atoms with E-state index in [2.05, 4.69) is 5.32 Å². The van der Waals surface area contributed by atoms with Gasteiger partial charge in [-0.2, -0.15) is 0 Å². The minimum absolute atomic E-state index is 0.0951. The van der Waals surface area contributed by atoms with E-state index < -0.39 is 0 Å². The predicted molar refractivity (Wildman–Crippen MR) is 88.9 cm³/mol. The van der Waals surface area contributed by atoms with Gasteiger partial charge in [-0.15, -0.1) is 11.3 Å². The lowest BCUT2D eigenvalue weighted by Crippen LogP contribution is -2.08. The van der Waals surface area contributed by atoms with E-state index in [4.69, 9.17) is 23.2 Å². The number of nitro benzene ring substituents is 1. The van der Waals surface area contributed by atoms with Gasteiger partial charge in [-0.05, 0) is 38.5 Å². The summed E-state index contributed by atoms with van der Waals surface area (Å²) in [7, 11) is 0. The molecular formula is C14H14Cl2N2O2S. The Labute approximate surface area is 136 Å². The van der Waals surface area contributed by atoms with Crippen molar-refractivity contribution in [2.75, 3.05) is 5.32 Å². The number of anilines is 1. The van der Waals surface area contributed by atoms with E-state index in [0.717, 1.165) is 16.8 Å². The van der Waals surface area contributed by atoms with Crippen LogP contribution in [-0.2, 0) is 0 Å². The largest absolute Gasteiger partial charge is 0.378 e. The molecule has 1 heterocycles. The van der Waals surface area contributed by atoms with Gasteiger partial charge in [0.25, 0.3) is 5.69 Å². The lowest BCUT2D eigenvalue weighted by Gasteiger charge is -2.17. The van der Waals surface area contributed by atoms with Crippen LogP contribution >= 0.6 is 34.5 Å². The molecule has 2 aromatic rings. The molecule has 0 fully saturated rings. The normalized spacial score (nSPS) is 12.2. The molecule has 0 saturated carbocycles. The van der Waals surface area contributed by atoms with Gasteiger partial charge in [0.2, 0.25) is 0 Å². The van der Waals surface area contributed by atoms with E-state index in [1.807, 2.05) is 19.9 Å². The lowest BCUT2D eigenvalue weighted by molar-refractivity contribution is -0.385. The van der Waals surface area contributed by atoms with Gasteiger partial charge in [0.05, 0.1) is 19.6 Å². The van der Waals surface area contributed by atoms with Crippen LogP contribution in [0.3, 0.4) is 0 Å². The Bertz CT molecular complexity index is 701. The summed E-state index contributed by atoms with van der Waals surface area (Å²) in [6.45, 7) is 5.58. The summed E-state index contributed by atoms with van der Waals surface area (Å²) in [6, 6.07) is 5.07. The first-order chi connectivity index (χ1) is 9.79. The zero-order valence-electron chi connectivity index (χ0n) is 11.7. The predicted octanol–water partition coefficient (Wildman–Crippen LogP) is 5.75. The van der Waals surface area contributed by atoms with Gasteiger partial charge in [0.1, 0.15) is 0 Å². The summed E-state index contributed by atoms with van der Waals surface area (Å²) in [5.41, 5.74) is 3.30. The number of benzene rings is 1. The molecule has 4 nitrogen and oxygen atoms in total. The molecule has 7 heteroatoms. The maximum absolute atomic E-state index is 11.0. The highest BCUT2D eigenvalue weighted by atomic mass is 35.5. The fraction of sp³-hybridized carbons (Fsp3) is 0.286. The van der Waals surface area contributed by atoms with Crippen molar-refractivity contribution >= 4 is 45.9 Å². The van der Waals surface area contributed by atoms with Gasteiger partial charge in [-0.1, -0.05) is 23.2 Å². The van der Waals surface area contributed by atoms with Crippen molar-refractivity contribution in [3.8, 4) is 0 Å². The van der Waals surface area contributed by atoms with Crippen molar-refractivity contribution in [2.24, 2.45) is 0 Å². The van der Waals surface area contributed by atoms with Crippen LogP contribution < -0.4 is 5.32 Å². The summed E-state index contributed by atoms with van der Waals surface area (Å²) in [6.07, 6.45) is 0. The molecular weight excluding hydrogens is 331 g/mol. The number of rotatable bonds is 4. The minimum Gasteiger partial charge on any atom is -0.378 e. The highest BCUT2D eigenvalue weighted by molar-refractivity contribution is 7.20. The van der Waals surface area contributed by atoms with Gasteiger partial charge in [0.15, 0.2) is 0 Å². The van der Waals surface area contributed by atoms with Crippen LogP contribution in [0.5, 0.6) is 0 Å². The maximum atomic E-state index is 11.0. The number of nitro groups is 1. The van der Waals surface area contributed by atoms with Crippen LogP contribution in [0.2, 0.25) is 8.67 Å². The van der Waals surface area contributed by atoms with Crippen LogP contribution in [0.4, 0.5) is 11.4 Å². The van der Waals surface area contributed by atoms with Crippen LogP contribution in [0.15, 0.2) is 18.2 Å². The molecule has 1 unspecified atom stereocenters. The first-order valence-electron chi connectivity index (χ1n) is 6.26. The molecule has 0 radical (unpaired) electrons. The molecule has 1 N–H and O–H groups in total. The van der Waals surface area contributed by atoms with Crippen molar-refractivity contribution in [1.82, 2.24) is 0 Å². The van der Waals surface area contributed by atoms with Crippen molar-refractivity contribution < 1.29 is 4.92 Å². The zero-order chi connectivity index (χ0) is 15.7. The van der Waals surface area contributed by atoms with E-state index in [1.165, 1.54) is 11.3 Å². The highest BCUT2D eigenvalue weighted by Gasteiger charge is 2.17. The van der Waals surface area contributed by atoms with E-state index in [9.17, 15) is 10.1 Å². The third kappa shape index (κ3) is 3.48. The molecule has 1 aromatic carbocycles. The first kappa shape index (κ1) is 16.1. The third-order valence-corrected chi connectivity index (χ3v) is 4.78. The van der Waals surface area contributed by atoms with Gasteiger partial charge in [-0.25, -0.2) is 0 Å². The lowest BCUT2D eigenvalue weighted by atomic mass is 10.1. The smallest absolute Gasteiger partial charge is 0.274 e. The molecule has 1 atom stereocenters. The van der Waals surface area contributed by atoms with Crippen molar-refractivity contribution in [3.05, 3.63) is 53.7 Å². The van der Waals surface area contributed by atoms with E-state index in [0.29, 0.717) is 14.2 Å². The maximum Gasteiger partial charge on any atom is 0.274 e. The average Bonchev–Trinajstić information content (AvgIpc) is 2.71. The molecule has 0 aliphatic heterocycles. The monoisotopic (exact) mass is 344 g/mol. The Morgan fingerprint density at radius 1 is 1.24 bits per heavy atom. The quantitative estimate of drug-likeness (QED) is 0.567. The molecule has 112 valence electrons. The molecule has 1 aromatic heterocycles. The fourth-order valence-corrected chi connectivity index (χ4v) is 3.80. The van der Waals surface area contributed by atoms with Crippen molar-refractivity contribution in [1.29, 1.82) is 0 Å².